The van der Waals surface area contributed by atoms with Crippen LogP contribution in [0.1, 0.15) is 42.5 Å². The molecule has 3 rings (SSSR count). The van der Waals surface area contributed by atoms with Gasteiger partial charge in [0.1, 0.15) is 0 Å². The molecule has 2 aliphatic rings. The maximum absolute atomic E-state index is 5.63. The van der Waals surface area contributed by atoms with Crippen molar-refractivity contribution in [1.82, 2.24) is 5.32 Å². The second kappa shape index (κ2) is 4.79. The second-order valence-electron chi connectivity index (χ2n) is 5.39. The Balaban J connectivity index is 1.83. The van der Waals surface area contributed by atoms with E-state index in [1.54, 1.807) is 11.1 Å². The molecule has 0 radical (unpaired) electrons. The van der Waals surface area contributed by atoms with Crippen LogP contribution in [-0.4, -0.2) is 19.3 Å². The van der Waals surface area contributed by atoms with Gasteiger partial charge in [-0.25, -0.2) is 0 Å². The van der Waals surface area contributed by atoms with Gasteiger partial charge in [-0.15, -0.1) is 0 Å². The van der Waals surface area contributed by atoms with Gasteiger partial charge in [0.25, 0.3) is 0 Å². The Bertz CT molecular complexity index is 402. The van der Waals surface area contributed by atoms with Gasteiger partial charge in [-0.05, 0) is 49.3 Å². The summed E-state index contributed by atoms with van der Waals surface area (Å²) < 4.78 is 5.63. The quantitative estimate of drug-likeness (QED) is 0.802. The van der Waals surface area contributed by atoms with Crippen molar-refractivity contribution in [2.24, 2.45) is 0 Å². The molecule has 1 aliphatic heterocycles. The fourth-order valence-corrected chi connectivity index (χ4v) is 2.96. The average molecular weight is 231 g/mol. The predicted octanol–water partition coefficient (Wildman–Crippen LogP) is 2.61. The fourth-order valence-electron chi connectivity index (χ4n) is 2.96. The summed E-state index contributed by atoms with van der Waals surface area (Å²) in [4.78, 5) is 0. The van der Waals surface area contributed by atoms with Crippen molar-refractivity contribution in [2.45, 2.75) is 44.7 Å². The average Bonchev–Trinajstić information content (AvgIpc) is 2.38. The molecule has 92 valence electrons. The van der Waals surface area contributed by atoms with E-state index in [9.17, 15) is 0 Å². The number of rotatable bonds is 1. The van der Waals surface area contributed by atoms with Gasteiger partial charge in [0.15, 0.2) is 0 Å². The molecule has 0 amide bonds. The standard InChI is InChI=1S/C15H21NO/c1-11-9-17-10-15(16-11)14-7-6-12-4-2-3-5-13(12)8-14/h6-8,11,15-16H,2-5,9-10H2,1H3. The molecule has 2 unspecified atom stereocenters. The first-order valence-electron chi connectivity index (χ1n) is 6.78. The Morgan fingerprint density at radius 2 is 1.94 bits per heavy atom. The number of ether oxygens (including phenoxy) is 1. The van der Waals surface area contributed by atoms with Gasteiger partial charge in [-0.3, -0.25) is 0 Å². The van der Waals surface area contributed by atoms with Crippen LogP contribution >= 0.6 is 0 Å². The molecule has 2 nitrogen and oxygen atoms in total. The number of hydrogen-bond acceptors (Lipinski definition) is 2. The highest BCUT2D eigenvalue weighted by molar-refractivity contribution is 5.35. The first-order valence-corrected chi connectivity index (χ1v) is 6.78. The van der Waals surface area contributed by atoms with E-state index in [1.807, 2.05) is 0 Å². The molecule has 0 spiro atoms. The fraction of sp³-hybridized carbons (Fsp3) is 0.600. The van der Waals surface area contributed by atoms with Gasteiger partial charge in [-0.2, -0.15) is 0 Å². The van der Waals surface area contributed by atoms with Crippen molar-refractivity contribution in [2.75, 3.05) is 13.2 Å². The normalized spacial score (nSPS) is 28.8. The molecule has 2 heteroatoms. The van der Waals surface area contributed by atoms with Crippen LogP contribution in [0.4, 0.5) is 0 Å². The van der Waals surface area contributed by atoms with Crippen molar-refractivity contribution in [3.8, 4) is 0 Å². The summed E-state index contributed by atoms with van der Waals surface area (Å²) >= 11 is 0. The summed E-state index contributed by atoms with van der Waals surface area (Å²) in [5.41, 5.74) is 4.52. The van der Waals surface area contributed by atoms with Crippen molar-refractivity contribution in [1.29, 1.82) is 0 Å². The van der Waals surface area contributed by atoms with E-state index >= 15 is 0 Å². The maximum atomic E-state index is 5.63. The number of benzene rings is 1. The van der Waals surface area contributed by atoms with E-state index in [0.29, 0.717) is 12.1 Å². The minimum absolute atomic E-state index is 0.381. The van der Waals surface area contributed by atoms with Gasteiger partial charge in [0.2, 0.25) is 0 Å². The molecule has 1 aliphatic carbocycles. The molecular formula is C15H21NO. The highest BCUT2D eigenvalue weighted by atomic mass is 16.5. The van der Waals surface area contributed by atoms with Crippen LogP contribution in [0.5, 0.6) is 0 Å². The molecule has 1 saturated heterocycles. The lowest BCUT2D eigenvalue weighted by atomic mass is 9.89. The highest BCUT2D eigenvalue weighted by Gasteiger charge is 2.21. The van der Waals surface area contributed by atoms with Gasteiger partial charge >= 0.3 is 0 Å². The monoisotopic (exact) mass is 231 g/mol. The number of morpholine rings is 1. The second-order valence-corrected chi connectivity index (χ2v) is 5.39. The lowest BCUT2D eigenvalue weighted by Crippen LogP contribution is -2.41. The van der Waals surface area contributed by atoms with Crippen LogP contribution in [-0.2, 0) is 17.6 Å². The molecule has 1 fully saturated rings. The van der Waals surface area contributed by atoms with Gasteiger partial charge in [0, 0.05) is 6.04 Å². The minimum Gasteiger partial charge on any atom is -0.378 e. The predicted molar refractivity (Wildman–Crippen MR) is 69.2 cm³/mol. The molecule has 1 N–H and O–H groups in total. The molecule has 0 saturated carbocycles. The largest absolute Gasteiger partial charge is 0.378 e. The summed E-state index contributed by atoms with van der Waals surface area (Å²) in [6.45, 7) is 3.83. The Labute approximate surface area is 103 Å². The smallest absolute Gasteiger partial charge is 0.0662 e. The Kier molecular flexibility index (Phi) is 3.17. The van der Waals surface area contributed by atoms with E-state index < -0.39 is 0 Å². The molecule has 1 heterocycles. The van der Waals surface area contributed by atoms with Crippen LogP contribution in [0, 0.1) is 0 Å². The number of nitrogens with one attached hydrogen (secondary N) is 1. The Hall–Kier alpha value is -0.860. The van der Waals surface area contributed by atoms with Crippen LogP contribution in [0.25, 0.3) is 0 Å². The molecule has 0 aromatic heterocycles. The summed E-state index contributed by atoms with van der Waals surface area (Å²) in [6.07, 6.45) is 5.22. The van der Waals surface area contributed by atoms with Crippen molar-refractivity contribution in [3.63, 3.8) is 0 Å². The van der Waals surface area contributed by atoms with Crippen LogP contribution < -0.4 is 5.32 Å². The summed E-state index contributed by atoms with van der Waals surface area (Å²) in [6, 6.07) is 7.84. The topological polar surface area (TPSA) is 21.3 Å². The van der Waals surface area contributed by atoms with E-state index in [1.165, 1.54) is 31.2 Å². The first-order chi connectivity index (χ1) is 8.33. The van der Waals surface area contributed by atoms with Crippen molar-refractivity contribution >= 4 is 0 Å². The number of fused-ring (bicyclic) bond motifs is 1. The molecule has 1 aromatic rings. The van der Waals surface area contributed by atoms with Gasteiger partial charge in [0.05, 0.1) is 19.3 Å². The maximum Gasteiger partial charge on any atom is 0.0662 e. The zero-order valence-electron chi connectivity index (χ0n) is 10.5. The third kappa shape index (κ3) is 2.38. The molecular weight excluding hydrogens is 210 g/mol. The number of hydrogen-bond donors (Lipinski definition) is 1. The van der Waals surface area contributed by atoms with Crippen molar-refractivity contribution < 1.29 is 4.74 Å². The third-order valence-electron chi connectivity index (χ3n) is 3.91. The van der Waals surface area contributed by atoms with E-state index in [4.69, 9.17) is 4.74 Å². The zero-order chi connectivity index (χ0) is 11.7. The minimum atomic E-state index is 0.381. The summed E-state index contributed by atoms with van der Waals surface area (Å²) in [7, 11) is 0. The highest BCUT2D eigenvalue weighted by Crippen LogP contribution is 2.26. The SMILES string of the molecule is CC1COCC(c2ccc3c(c2)CCCC3)N1. The Morgan fingerprint density at radius 1 is 1.12 bits per heavy atom. The van der Waals surface area contributed by atoms with Crippen molar-refractivity contribution in [3.05, 3.63) is 34.9 Å². The van der Waals surface area contributed by atoms with E-state index in [0.717, 1.165) is 13.2 Å². The summed E-state index contributed by atoms with van der Waals surface area (Å²) in [5.74, 6) is 0. The van der Waals surface area contributed by atoms with Crippen LogP contribution in [0.3, 0.4) is 0 Å². The molecule has 1 aromatic carbocycles. The summed E-state index contributed by atoms with van der Waals surface area (Å²) in [5, 5.41) is 3.61. The van der Waals surface area contributed by atoms with Gasteiger partial charge < -0.3 is 10.1 Å². The Morgan fingerprint density at radius 3 is 2.76 bits per heavy atom. The van der Waals surface area contributed by atoms with E-state index in [2.05, 4.69) is 30.4 Å². The van der Waals surface area contributed by atoms with E-state index in [-0.39, 0.29) is 0 Å². The first kappa shape index (κ1) is 11.2. The molecule has 0 bridgehead atoms. The zero-order valence-corrected chi connectivity index (χ0v) is 10.5. The molecule has 17 heavy (non-hydrogen) atoms. The van der Waals surface area contributed by atoms with Gasteiger partial charge in [-0.1, -0.05) is 18.2 Å². The third-order valence-corrected chi connectivity index (χ3v) is 3.91. The number of aryl methyl sites for hydroxylation is 2. The lowest BCUT2D eigenvalue weighted by Gasteiger charge is -2.30. The molecule has 2 atom stereocenters. The van der Waals surface area contributed by atoms with Crippen LogP contribution in [0.2, 0.25) is 0 Å². The lowest BCUT2D eigenvalue weighted by molar-refractivity contribution is 0.0503. The van der Waals surface area contributed by atoms with Crippen LogP contribution in [0.15, 0.2) is 18.2 Å².